The van der Waals surface area contributed by atoms with Gasteiger partial charge in [0.25, 0.3) is 5.78 Å². The van der Waals surface area contributed by atoms with Gasteiger partial charge in [0.1, 0.15) is 5.75 Å². The standard InChI is InChI=1S/C16H16F6O3/c1-3-9(2)8-25-11-6-4-10(5-7-11)12(13(23)15(17,18)19)14(24)16(20,21)22/h4-7,9,23H,3,8H2,1-2H3. The van der Waals surface area contributed by atoms with Crippen molar-refractivity contribution in [2.45, 2.75) is 32.6 Å². The number of aliphatic hydroxyl groups is 1. The number of halogens is 6. The molecular weight excluding hydrogens is 354 g/mol. The van der Waals surface area contributed by atoms with Gasteiger partial charge in [-0.05, 0) is 23.6 Å². The third kappa shape index (κ3) is 5.68. The van der Waals surface area contributed by atoms with Crippen LogP contribution in [0.1, 0.15) is 25.8 Å². The molecule has 1 aromatic rings. The van der Waals surface area contributed by atoms with Gasteiger partial charge in [-0.15, -0.1) is 0 Å². The van der Waals surface area contributed by atoms with Crippen LogP contribution in [0.15, 0.2) is 30.0 Å². The van der Waals surface area contributed by atoms with Crippen LogP contribution in [0.5, 0.6) is 5.75 Å². The van der Waals surface area contributed by atoms with E-state index in [2.05, 4.69) is 0 Å². The predicted molar refractivity (Wildman–Crippen MR) is 78.1 cm³/mol. The summed E-state index contributed by atoms with van der Waals surface area (Å²) in [5, 5.41) is 9.11. The van der Waals surface area contributed by atoms with Crippen molar-refractivity contribution in [2.75, 3.05) is 6.61 Å². The summed E-state index contributed by atoms with van der Waals surface area (Å²) >= 11 is 0. The monoisotopic (exact) mass is 370 g/mol. The van der Waals surface area contributed by atoms with Gasteiger partial charge in [0.2, 0.25) is 5.76 Å². The van der Waals surface area contributed by atoms with Gasteiger partial charge in [0, 0.05) is 0 Å². The van der Waals surface area contributed by atoms with E-state index in [0.717, 1.165) is 30.7 Å². The van der Waals surface area contributed by atoms with Gasteiger partial charge in [0.05, 0.1) is 12.2 Å². The smallest absolute Gasteiger partial charge is 0.455 e. The van der Waals surface area contributed by atoms with E-state index in [1.165, 1.54) is 0 Å². The number of Topliss-reactive ketones (excluding diaryl/α,β-unsaturated/α-hetero) is 1. The molecule has 0 radical (unpaired) electrons. The van der Waals surface area contributed by atoms with E-state index in [1.807, 2.05) is 13.8 Å². The molecule has 3 nitrogen and oxygen atoms in total. The van der Waals surface area contributed by atoms with E-state index in [4.69, 9.17) is 9.84 Å². The molecule has 1 aromatic carbocycles. The van der Waals surface area contributed by atoms with Crippen molar-refractivity contribution in [3.63, 3.8) is 0 Å². The van der Waals surface area contributed by atoms with Crippen LogP contribution in [-0.2, 0) is 4.79 Å². The minimum atomic E-state index is -5.57. The van der Waals surface area contributed by atoms with E-state index in [9.17, 15) is 31.1 Å². The maximum Gasteiger partial charge on any atom is 0.455 e. The van der Waals surface area contributed by atoms with Crippen LogP contribution < -0.4 is 4.74 Å². The van der Waals surface area contributed by atoms with Crippen LogP contribution in [0.4, 0.5) is 26.3 Å². The molecule has 0 fully saturated rings. The molecule has 0 saturated carbocycles. The maximum absolute atomic E-state index is 12.6. The summed E-state index contributed by atoms with van der Waals surface area (Å²) < 4.78 is 80.9. The fourth-order valence-electron chi connectivity index (χ4n) is 1.73. The molecule has 0 aliphatic carbocycles. The Morgan fingerprint density at radius 1 is 1.08 bits per heavy atom. The summed E-state index contributed by atoms with van der Waals surface area (Å²) in [5.41, 5.74) is -2.57. The van der Waals surface area contributed by atoms with Crippen molar-refractivity contribution in [2.24, 2.45) is 5.92 Å². The summed E-state index contributed by atoms with van der Waals surface area (Å²) in [7, 11) is 0. The number of ether oxygens (including phenoxy) is 1. The molecule has 0 bridgehead atoms. The number of benzene rings is 1. The molecule has 9 heteroatoms. The number of ketones is 1. The third-order valence-electron chi connectivity index (χ3n) is 3.36. The fraction of sp³-hybridized carbons (Fsp3) is 0.438. The lowest BCUT2D eigenvalue weighted by molar-refractivity contribution is -0.165. The number of aliphatic hydroxyl groups excluding tert-OH is 1. The molecule has 0 aliphatic rings. The number of hydrogen-bond acceptors (Lipinski definition) is 3. The third-order valence-corrected chi connectivity index (χ3v) is 3.36. The summed E-state index contributed by atoms with van der Waals surface area (Å²) in [6.45, 7) is 4.14. The van der Waals surface area contributed by atoms with Gasteiger partial charge in [-0.1, -0.05) is 32.4 Å². The zero-order chi connectivity index (χ0) is 19.4. The Balaban J connectivity index is 3.23. The minimum absolute atomic E-state index is 0.205. The molecule has 1 N–H and O–H groups in total. The van der Waals surface area contributed by atoms with Gasteiger partial charge in [0.15, 0.2) is 0 Å². The molecule has 1 rings (SSSR count). The second kappa shape index (κ2) is 7.79. The highest BCUT2D eigenvalue weighted by Gasteiger charge is 2.47. The van der Waals surface area contributed by atoms with Crippen LogP contribution in [0.25, 0.3) is 5.57 Å². The van der Waals surface area contributed by atoms with E-state index < -0.39 is 35.0 Å². The molecule has 0 spiro atoms. The Bertz CT molecular complexity index is 629. The van der Waals surface area contributed by atoms with Crippen molar-refractivity contribution in [1.29, 1.82) is 0 Å². The number of alkyl halides is 6. The van der Waals surface area contributed by atoms with Crippen LogP contribution in [-0.4, -0.2) is 29.8 Å². The first-order valence-electron chi connectivity index (χ1n) is 7.23. The highest BCUT2D eigenvalue weighted by Crippen LogP contribution is 2.35. The Labute approximate surface area is 139 Å². The van der Waals surface area contributed by atoms with Gasteiger partial charge in [-0.2, -0.15) is 26.3 Å². The number of carbonyl (C=O) groups is 1. The lowest BCUT2D eigenvalue weighted by Gasteiger charge is -2.15. The van der Waals surface area contributed by atoms with Crippen molar-refractivity contribution >= 4 is 11.4 Å². The molecule has 0 aliphatic heterocycles. The van der Waals surface area contributed by atoms with Crippen LogP contribution in [0.2, 0.25) is 0 Å². The topological polar surface area (TPSA) is 46.5 Å². The number of hydrogen-bond donors (Lipinski definition) is 1. The zero-order valence-electron chi connectivity index (χ0n) is 13.3. The summed E-state index contributed by atoms with van der Waals surface area (Å²) in [4.78, 5) is 11.3. The highest BCUT2D eigenvalue weighted by atomic mass is 19.4. The number of carbonyl (C=O) groups excluding carboxylic acids is 1. The highest BCUT2D eigenvalue weighted by molar-refractivity contribution is 6.24. The van der Waals surface area contributed by atoms with Crippen LogP contribution >= 0.6 is 0 Å². The van der Waals surface area contributed by atoms with Gasteiger partial charge < -0.3 is 9.84 Å². The maximum atomic E-state index is 12.6. The molecular formula is C16H16F6O3. The first kappa shape index (κ1) is 20.9. The van der Waals surface area contributed by atoms with Gasteiger partial charge >= 0.3 is 12.4 Å². The average Bonchev–Trinajstić information content (AvgIpc) is 2.52. The first-order chi connectivity index (χ1) is 11.4. The summed E-state index contributed by atoms with van der Waals surface area (Å²) in [5.74, 6) is -4.95. The predicted octanol–water partition coefficient (Wildman–Crippen LogP) is 5.07. The lowest BCUT2D eigenvalue weighted by atomic mass is 9.99. The Morgan fingerprint density at radius 2 is 1.60 bits per heavy atom. The van der Waals surface area contributed by atoms with Gasteiger partial charge in [-0.3, -0.25) is 4.79 Å². The van der Waals surface area contributed by atoms with E-state index in [1.54, 1.807) is 0 Å². The second-order valence-corrected chi connectivity index (χ2v) is 5.40. The Morgan fingerprint density at radius 3 is 2.00 bits per heavy atom. The number of rotatable bonds is 6. The van der Waals surface area contributed by atoms with Crippen molar-refractivity contribution in [3.05, 3.63) is 35.6 Å². The van der Waals surface area contributed by atoms with E-state index in [0.29, 0.717) is 6.61 Å². The molecule has 1 atom stereocenters. The van der Waals surface area contributed by atoms with Gasteiger partial charge in [-0.25, -0.2) is 0 Å². The molecule has 0 aromatic heterocycles. The molecule has 0 heterocycles. The van der Waals surface area contributed by atoms with Crippen molar-refractivity contribution in [3.8, 4) is 5.75 Å². The molecule has 140 valence electrons. The molecule has 1 unspecified atom stereocenters. The quantitative estimate of drug-likeness (QED) is 0.432. The minimum Gasteiger partial charge on any atom is -0.504 e. The van der Waals surface area contributed by atoms with Crippen LogP contribution in [0.3, 0.4) is 0 Å². The SMILES string of the molecule is CCC(C)COc1ccc(C(C(=O)C(F)(F)F)=C(O)C(F)(F)F)cc1. The van der Waals surface area contributed by atoms with E-state index in [-0.39, 0.29) is 11.7 Å². The van der Waals surface area contributed by atoms with Crippen molar-refractivity contribution in [1.82, 2.24) is 0 Å². The molecule has 0 saturated heterocycles. The fourth-order valence-corrected chi connectivity index (χ4v) is 1.73. The first-order valence-corrected chi connectivity index (χ1v) is 7.23. The van der Waals surface area contributed by atoms with Crippen molar-refractivity contribution < 1.29 is 41.0 Å². The largest absolute Gasteiger partial charge is 0.504 e. The average molecular weight is 370 g/mol. The lowest BCUT2D eigenvalue weighted by Crippen LogP contribution is -2.27. The molecule has 0 amide bonds. The summed E-state index contributed by atoms with van der Waals surface area (Å²) in [6, 6.07) is 3.97. The zero-order valence-corrected chi connectivity index (χ0v) is 13.3. The number of allylic oxidation sites excluding steroid dienone is 2. The normalized spacial score (nSPS) is 14.7. The Hall–Kier alpha value is -2.19. The second-order valence-electron chi connectivity index (χ2n) is 5.40. The molecule has 25 heavy (non-hydrogen) atoms. The Kier molecular flexibility index (Phi) is 6.50. The van der Waals surface area contributed by atoms with Crippen LogP contribution in [0, 0.1) is 5.92 Å². The van der Waals surface area contributed by atoms with E-state index >= 15 is 0 Å². The summed E-state index contributed by atoms with van der Waals surface area (Å²) in [6.07, 6.45) is -10.2.